The first-order valence-electron chi connectivity index (χ1n) is 8.78. The summed E-state index contributed by atoms with van der Waals surface area (Å²) in [5.74, 6) is 0.882. The van der Waals surface area contributed by atoms with Crippen molar-refractivity contribution in [2.24, 2.45) is 5.92 Å². The van der Waals surface area contributed by atoms with Gasteiger partial charge < -0.3 is 14.8 Å². The van der Waals surface area contributed by atoms with Crippen LogP contribution >= 0.6 is 0 Å². The second-order valence-corrected chi connectivity index (χ2v) is 6.73. The Hall–Kier alpha value is -2.67. The van der Waals surface area contributed by atoms with Gasteiger partial charge in [0.2, 0.25) is 5.91 Å². The fourth-order valence-electron chi connectivity index (χ4n) is 3.17. The molecule has 1 aliphatic heterocycles. The molecule has 1 aliphatic carbocycles. The molecule has 0 bridgehead atoms. The second kappa shape index (κ2) is 6.92. The maximum atomic E-state index is 12.4. The summed E-state index contributed by atoms with van der Waals surface area (Å²) in [6, 6.07) is 10.2. The SMILES string of the molecule is COc1cccc(-c2ccc(=O)n(C3COCC3NC(=O)C3CC3)n2)c1. The number of rotatable bonds is 5. The molecule has 2 unspecified atom stereocenters. The average molecular weight is 355 g/mol. The van der Waals surface area contributed by atoms with Crippen molar-refractivity contribution in [3.63, 3.8) is 0 Å². The molecule has 2 heterocycles. The summed E-state index contributed by atoms with van der Waals surface area (Å²) in [5, 5.41) is 7.55. The average Bonchev–Trinajstić information content (AvgIpc) is 3.43. The lowest BCUT2D eigenvalue weighted by Crippen LogP contribution is -2.44. The van der Waals surface area contributed by atoms with Crippen LogP contribution in [0, 0.1) is 5.92 Å². The van der Waals surface area contributed by atoms with Crippen LogP contribution in [0.25, 0.3) is 11.3 Å². The molecule has 2 aliphatic rings. The number of hydrogen-bond acceptors (Lipinski definition) is 5. The van der Waals surface area contributed by atoms with Crippen molar-refractivity contribution in [3.8, 4) is 17.0 Å². The van der Waals surface area contributed by atoms with Gasteiger partial charge in [0.05, 0.1) is 32.1 Å². The predicted molar refractivity (Wildman–Crippen MR) is 95.0 cm³/mol. The summed E-state index contributed by atoms with van der Waals surface area (Å²) in [5.41, 5.74) is 1.32. The number of nitrogens with zero attached hydrogens (tertiary/aromatic N) is 2. The molecule has 7 heteroatoms. The summed E-state index contributed by atoms with van der Waals surface area (Å²) in [4.78, 5) is 24.5. The lowest BCUT2D eigenvalue weighted by molar-refractivity contribution is -0.123. The highest BCUT2D eigenvalue weighted by Gasteiger charge is 2.37. The zero-order valence-electron chi connectivity index (χ0n) is 14.6. The van der Waals surface area contributed by atoms with E-state index < -0.39 is 0 Å². The van der Waals surface area contributed by atoms with Gasteiger partial charge in [-0.1, -0.05) is 12.1 Å². The molecule has 7 nitrogen and oxygen atoms in total. The summed E-state index contributed by atoms with van der Waals surface area (Å²) in [6.45, 7) is 0.741. The summed E-state index contributed by atoms with van der Waals surface area (Å²) < 4.78 is 12.2. The number of ether oxygens (including phenoxy) is 2. The maximum absolute atomic E-state index is 12.4. The minimum atomic E-state index is -0.309. The van der Waals surface area contributed by atoms with Crippen LogP contribution in [0.5, 0.6) is 5.75 Å². The van der Waals surface area contributed by atoms with Gasteiger partial charge in [0.15, 0.2) is 0 Å². The van der Waals surface area contributed by atoms with Crippen LogP contribution in [-0.4, -0.2) is 42.1 Å². The predicted octanol–water partition coefficient (Wildman–Crippen LogP) is 1.38. The molecule has 1 amide bonds. The maximum Gasteiger partial charge on any atom is 0.267 e. The Kier molecular flexibility index (Phi) is 4.46. The lowest BCUT2D eigenvalue weighted by atomic mass is 10.1. The van der Waals surface area contributed by atoms with Crippen molar-refractivity contribution >= 4 is 5.91 Å². The Balaban J connectivity index is 1.62. The smallest absolute Gasteiger partial charge is 0.267 e. The molecule has 26 heavy (non-hydrogen) atoms. The lowest BCUT2D eigenvalue weighted by Gasteiger charge is -2.20. The first-order valence-corrected chi connectivity index (χ1v) is 8.78. The molecule has 1 N–H and O–H groups in total. The Morgan fingerprint density at radius 1 is 1.27 bits per heavy atom. The van der Waals surface area contributed by atoms with E-state index in [4.69, 9.17) is 9.47 Å². The van der Waals surface area contributed by atoms with Gasteiger partial charge in [0.1, 0.15) is 11.8 Å². The van der Waals surface area contributed by atoms with Crippen LogP contribution in [0.15, 0.2) is 41.2 Å². The zero-order chi connectivity index (χ0) is 18.1. The number of hydrogen-bond donors (Lipinski definition) is 1. The van der Waals surface area contributed by atoms with Gasteiger partial charge >= 0.3 is 0 Å². The van der Waals surface area contributed by atoms with Crippen LogP contribution in [0.2, 0.25) is 0 Å². The number of aromatic nitrogens is 2. The standard InChI is InChI=1S/C19H21N3O4/c1-25-14-4-2-3-13(9-14)15-7-8-18(23)22(21-15)17-11-26-10-16(17)20-19(24)12-5-6-12/h2-4,7-9,12,16-17H,5-6,10-11H2,1H3,(H,20,24). The Morgan fingerprint density at radius 3 is 2.88 bits per heavy atom. The molecule has 2 fully saturated rings. The third-order valence-corrected chi connectivity index (χ3v) is 4.83. The van der Waals surface area contributed by atoms with E-state index in [-0.39, 0.29) is 29.5 Å². The molecule has 1 saturated heterocycles. The van der Waals surface area contributed by atoms with Gasteiger partial charge in [-0.15, -0.1) is 0 Å². The Labute approximate surface area is 150 Å². The second-order valence-electron chi connectivity index (χ2n) is 6.73. The number of benzene rings is 1. The third-order valence-electron chi connectivity index (χ3n) is 4.83. The summed E-state index contributed by atoms with van der Waals surface area (Å²) >= 11 is 0. The third kappa shape index (κ3) is 3.35. The number of amides is 1. The van der Waals surface area contributed by atoms with Crippen LogP contribution in [0.4, 0.5) is 0 Å². The van der Waals surface area contributed by atoms with E-state index in [9.17, 15) is 9.59 Å². The van der Waals surface area contributed by atoms with Crippen molar-refractivity contribution in [1.82, 2.24) is 15.1 Å². The van der Waals surface area contributed by atoms with Crippen LogP contribution in [0.1, 0.15) is 18.9 Å². The topological polar surface area (TPSA) is 82.5 Å². The van der Waals surface area contributed by atoms with E-state index in [2.05, 4.69) is 10.4 Å². The van der Waals surface area contributed by atoms with E-state index >= 15 is 0 Å². The zero-order valence-corrected chi connectivity index (χ0v) is 14.6. The largest absolute Gasteiger partial charge is 0.497 e. The first kappa shape index (κ1) is 16.8. The van der Waals surface area contributed by atoms with Crippen molar-refractivity contribution in [2.45, 2.75) is 24.9 Å². The van der Waals surface area contributed by atoms with E-state index in [0.717, 1.165) is 24.2 Å². The van der Waals surface area contributed by atoms with Crippen molar-refractivity contribution in [2.75, 3.05) is 20.3 Å². The monoisotopic (exact) mass is 355 g/mol. The van der Waals surface area contributed by atoms with Gasteiger partial charge in [-0.2, -0.15) is 5.10 Å². The molecule has 136 valence electrons. The normalized spacial score (nSPS) is 22.2. The van der Waals surface area contributed by atoms with Crippen LogP contribution in [-0.2, 0) is 9.53 Å². The molecule has 0 radical (unpaired) electrons. The number of nitrogens with one attached hydrogen (secondary N) is 1. The fraction of sp³-hybridized carbons (Fsp3) is 0.421. The van der Waals surface area contributed by atoms with Gasteiger partial charge in [-0.25, -0.2) is 4.68 Å². The van der Waals surface area contributed by atoms with E-state index in [1.807, 2.05) is 24.3 Å². The molecule has 2 aromatic rings. The van der Waals surface area contributed by atoms with Gasteiger partial charge in [0, 0.05) is 17.5 Å². The Morgan fingerprint density at radius 2 is 2.12 bits per heavy atom. The number of carbonyl (C=O) groups is 1. The molecule has 1 saturated carbocycles. The number of carbonyl (C=O) groups excluding carboxylic acids is 1. The van der Waals surface area contributed by atoms with Crippen LogP contribution in [0.3, 0.4) is 0 Å². The molecule has 4 rings (SSSR count). The molecule has 1 aromatic carbocycles. The molecule has 2 atom stereocenters. The summed E-state index contributed by atoms with van der Waals surface area (Å²) in [6.07, 6.45) is 1.88. The van der Waals surface area contributed by atoms with Crippen molar-refractivity contribution < 1.29 is 14.3 Å². The van der Waals surface area contributed by atoms with Crippen LogP contribution < -0.4 is 15.6 Å². The highest BCUT2D eigenvalue weighted by molar-refractivity contribution is 5.81. The van der Waals surface area contributed by atoms with Gasteiger partial charge in [-0.3, -0.25) is 9.59 Å². The molecular weight excluding hydrogens is 334 g/mol. The van der Waals surface area contributed by atoms with E-state index in [0.29, 0.717) is 18.9 Å². The minimum Gasteiger partial charge on any atom is -0.497 e. The minimum absolute atomic E-state index is 0.0440. The van der Waals surface area contributed by atoms with Gasteiger partial charge in [0.25, 0.3) is 5.56 Å². The van der Waals surface area contributed by atoms with E-state index in [1.54, 1.807) is 13.2 Å². The number of methoxy groups -OCH3 is 1. The first-order chi connectivity index (χ1) is 12.7. The molecular formula is C19H21N3O4. The van der Waals surface area contributed by atoms with Crippen molar-refractivity contribution in [3.05, 3.63) is 46.8 Å². The Bertz CT molecular complexity index is 875. The summed E-state index contributed by atoms with van der Waals surface area (Å²) in [7, 11) is 1.61. The highest BCUT2D eigenvalue weighted by Crippen LogP contribution is 2.30. The fourth-order valence-corrected chi connectivity index (χ4v) is 3.17. The highest BCUT2D eigenvalue weighted by atomic mass is 16.5. The van der Waals surface area contributed by atoms with Gasteiger partial charge in [-0.05, 0) is 31.0 Å². The van der Waals surface area contributed by atoms with E-state index in [1.165, 1.54) is 10.7 Å². The van der Waals surface area contributed by atoms with Crippen molar-refractivity contribution in [1.29, 1.82) is 0 Å². The molecule has 1 aromatic heterocycles. The quantitative estimate of drug-likeness (QED) is 0.876. The molecule has 0 spiro atoms.